The van der Waals surface area contributed by atoms with Gasteiger partial charge in [-0.05, 0) is 43.5 Å². The lowest BCUT2D eigenvalue weighted by atomic mass is 9.61. The second-order valence-electron chi connectivity index (χ2n) is 6.21. The Labute approximate surface area is 121 Å². The number of hydrogen-bond acceptors (Lipinski definition) is 3. The van der Waals surface area contributed by atoms with Crippen LogP contribution in [0, 0.1) is 5.41 Å². The van der Waals surface area contributed by atoms with Gasteiger partial charge >= 0.3 is 0 Å². The average Bonchev–Trinajstić information content (AvgIpc) is 2.99. The average molecular weight is 275 g/mol. The summed E-state index contributed by atoms with van der Waals surface area (Å²) in [5.41, 5.74) is 6.50. The quantitative estimate of drug-likeness (QED) is 0.894. The molecule has 2 unspecified atom stereocenters. The first-order chi connectivity index (χ1) is 9.74. The summed E-state index contributed by atoms with van der Waals surface area (Å²) in [6, 6.07) is 8.34. The predicted molar refractivity (Wildman–Crippen MR) is 80.1 cm³/mol. The maximum atomic E-state index is 6.24. The molecule has 0 saturated heterocycles. The molecule has 0 heterocycles. The van der Waals surface area contributed by atoms with Crippen LogP contribution in [0.15, 0.2) is 24.3 Å². The molecule has 2 N–H and O–H groups in total. The highest BCUT2D eigenvalue weighted by Crippen LogP contribution is 2.53. The Bertz CT molecular complexity index is 437. The van der Waals surface area contributed by atoms with Gasteiger partial charge in [-0.3, -0.25) is 0 Å². The zero-order chi connectivity index (χ0) is 14.0. The maximum Gasteiger partial charge on any atom is 0.120 e. The van der Waals surface area contributed by atoms with E-state index < -0.39 is 0 Å². The first-order valence-corrected chi connectivity index (χ1v) is 7.90. The van der Waals surface area contributed by atoms with Crippen LogP contribution in [0.4, 0.5) is 0 Å². The Hall–Kier alpha value is -1.22. The summed E-state index contributed by atoms with van der Waals surface area (Å²) in [7, 11) is 0. The third kappa shape index (κ3) is 2.39. The van der Waals surface area contributed by atoms with Crippen LogP contribution in [-0.2, 0) is 0 Å². The van der Waals surface area contributed by atoms with Gasteiger partial charge in [-0.1, -0.05) is 19.8 Å². The molecule has 1 aromatic rings. The zero-order valence-corrected chi connectivity index (χ0v) is 12.3. The summed E-state index contributed by atoms with van der Waals surface area (Å²) >= 11 is 0. The standard InChI is InChI=1S/C17H25NO2/c1-2-11-19-13-5-7-14(8-6-13)20-16-12-15(18)17(16)9-3-4-10-17/h5-8,15-16H,2-4,9-12,18H2,1H3. The summed E-state index contributed by atoms with van der Waals surface area (Å²) in [4.78, 5) is 0. The molecule has 2 aliphatic carbocycles. The highest BCUT2D eigenvalue weighted by Gasteiger charge is 2.55. The molecule has 0 bridgehead atoms. The first-order valence-electron chi connectivity index (χ1n) is 7.90. The van der Waals surface area contributed by atoms with E-state index in [0.29, 0.717) is 12.1 Å². The molecule has 1 aromatic carbocycles. The van der Waals surface area contributed by atoms with Gasteiger partial charge in [0.25, 0.3) is 0 Å². The summed E-state index contributed by atoms with van der Waals surface area (Å²) in [5, 5.41) is 0. The molecule has 0 aliphatic heterocycles. The van der Waals surface area contributed by atoms with Crippen LogP contribution in [0.2, 0.25) is 0 Å². The molecule has 110 valence electrons. The molecule has 0 radical (unpaired) electrons. The van der Waals surface area contributed by atoms with Crippen molar-refractivity contribution in [1.29, 1.82) is 0 Å². The molecule has 2 saturated carbocycles. The van der Waals surface area contributed by atoms with E-state index in [0.717, 1.165) is 30.9 Å². The first kappa shape index (κ1) is 13.7. The smallest absolute Gasteiger partial charge is 0.120 e. The van der Waals surface area contributed by atoms with Gasteiger partial charge in [0, 0.05) is 17.9 Å². The van der Waals surface area contributed by atoms with Gasteiger partial charge in [0.2, 0.25) is 0 Å². The van der Waals surface area contributed by atoms with Crippen LogP contribution < -0.4 is 15.2 Å². The number of benzene rings is 1. The topological polar surface area (TPSA) is 44.5 Å². The minimum atomic E-state index is 0.261. The van der Waals surface area contributed by atoms with Crippen molar-refractivity contribution in [2.24, 2.45) is 11.1 Å². The van der Waals surface area contributed by atoms with Crippen LogP contribution in [0.1, 0.15) is 45.4 Å². The van der Waals surface area contributed by atoms with Gasteiger partial charge in [-0.15, -0.1) is 0 Å². The minimum absolute atomic E-state index is 0.261. The van der Waals surface area contributed by atoms with Gasteiger partial charge in [0.15, 0.2) is 0 Å². The molecule has 1 spiro atoms. The van der Waals surface area contributed by atoms with Gasteiger partial charge in [-0.2, -0.15) is 0 Å². The van der Waals surface area contributed by atoms with E-state index in [4.69, 9.17) is 15.2 Å². The summed E-state index contributed by atoms with van der Waals surface area (Å²) in [5.74, 6) is 1.86. The highest BCUT2D eigenvalue weighted by molar-refractivity contribution is 5.32. The van der Waals surface area contributed by atoms with E-state index in [1.165, 1.54) is 25.7 Å². The second kappa shape index (κ2) is 5.65. The molecule has 3 nitrogen and oxygen atoms in total. The summed E-state index contributed by atoms with van der Waals surface area (Å²) in [6.07, 6.45) is 7.40. The van der Waals surface area contributed by atoms with Gasteiger partial charge in [-0.25, -0.2) is 0 Å². The SMILES string of the molecule is CCCOc1ccc(OC2CC(N)C23CCCC3)cc1. The molecule has 2 fully saturated rings. The van der Waals surface area contributed by atoms with E-state index in [1.54, 1.807) is 0 Å². The number of hydrogen-bond donors (Lipinski definition) is 1. The van der Waals surface area contributed by atoms with Crippen molar-refractivity contribution in [3.63, 3.8) is 0 Å². The maximum absolute atomic E-state index is 6.24. The normalized spacial score (nSPS) is 27.3. The van der Waals surface area contributed by atoms with E-state index in [-0.39, 0.29) is 5.41 Å². The molecule has 2 atom stereocenters. The molecule has 3 rings (SSSR count). The van der Waals surface area contributed by atoms with E-state index in [1.807, 2.05) is 24.3 Å². The zero-order valence-electron chi connectivity index (χ0n) is 12.3. The number of nitrogens with two attached hydrogens (primary N) is 1. The fourth-order valence-electron chi connectivity index (χ4n) is 3.67. The van der Waals surface area contributed by atoms with E-state index >= 15 is 0 Å². The molecule has 0 amide bonds. The lowest BCUT2D eigenvalue weighted by molar-refractivity contribution is -0.0620. The van der Waals surface area contributed by atoms with E-state index in [9.17, 15) is 0 Å². The fourth-order valence-corrected chi connectivity index (χ4v) is 3.67. The van der Waals surface area contributed by atoms with Gasteiger partial charge < -0.3 is 15.2 Å². The summed E-state index contributed by atoms with van der Waals surface area (Å²) in [6.45, 7) is 2.87. The van der Waals surface area contributed by atoms with Crippen LogP contribution >= 0.6 is 0 Å². The van der Waals surface area contributed by atoms with Crippen LogP contribution in [-0.4, -0.2) is 18.8 Å². The lowest BCUT2D eigenvalue weighted by Gasteiger charge is -2.52. The Morgan fingerprint density at radius 1 is 1.15 bits per heavy atom. The Morgan fingerprint density at radius 3 is 2.40 bits per heavy atom. The predicted octanol–water partition coefficient (Wildman–Crippen LogP) is 3.51. The van der Waals surface area contributed by atoms with Crippen molar-refractivity contribution in [2.45, 2.75) is 57.6 Å². The second-order valence-corrected chi connectivity index (χ2v) is 6.21. The van der Waals surface area contributed by atoms with Crippen LogP contribution in [0.5, 0.6) is 11.5 Å². The van der Waals surface area contributed by atoms with Gasteiger partial charge in [0.05, 0.1) is 6.61 Å². The Balaban J connectivity index is 1.60. The highest BCUT2D eigenvalue weighted by atomic mass is 16.5. The molecule has 0 aromatic heterocycles. The molecule has 3 heteroatoms. The number of rotatable bonds is 5. The van der Waals surface area contributed by atoms with Gasteiger partial charge in [0.1, 0.15) is 17.6 Å². The van der Waals surface area contributed by atoms with Crippen molar-refractivity contribution in [1.82, 2.24) is 0 Å². The van der Waals surface area contributed by atoms with Crippen molar-refractivity contribution in [3.8, 4) is 11.5 Å². The largest absolute Gasteiger partial charge is 0.494 e. The minimum Gasteiger partial charge on any atom is -0.494 e. The Kier molecular flexibility index (Phi) is 3.88. The molecule has 20 heavy (non-hydrogen) atoms. The van der Waals surface area contributed by atoms with E-state index in [2.05, 4.69) is 6.92 Å². The molecular formula is C17H25NO2. The third-order valence-corrected chi connectivity index (χ3v) is 4.96. The number of ether oxygens (including phenoxy) is 2. The van der Waals surface area contributed by atoms with Crippen molar-refractivity contribution in [2.75, 3.05) is 6.61 Å². The molecular weight excluding hydrogens is 250 g/mol. The third-order valence-electron chi connectivity index (χ3n) is 4.96. The Morgan fingerprint density at radius 2 is 1.80 bits per heavy atom. The molecule has 2 aliphatic rings. The van der Waals surface area contributed by atoms with Crippen LogP contribution in [0.3, 0.4) is 0 Å². The van der Waals surface area contributed by atoms with Crippen molar-refractivity contribution >= 4 is 0 Å². The monoisotopic (exact) mass is 275 g/mol. The fraction of sp³-hybridized carbons (Fsp3) is 0.647. The lowest BCUT2D eigenvalue weighted by Crippen LogP contribution is -2.62. The van der Waals surface area contributed by atoms with Crippen molar-refractivity contribution < 1.29 is 9.47 Å². The van der Waals surface area contributed by atoms with Crippen LogP contribution in [0.25, 0.3) is 0 Å². The summed E-state index contributed by atoms with van der Waals surface area (Å²) < 4.78 is 11.8. The van der Waals surface area contributed by atoms with Crippen molar-refractivity contribution in [3.05, 3.63) is 24.3 Å².